The van der Waals surface area contributed by atoms with Gasteiger partial charge in [0.2, 0.25) is 0 Å². The summed E-state index contributed by atoms with van der Waals surface area (Å²) in [4.78, 5) is 26.6. The molecule has 0 aliphatic rings. The third-order valence-corrected chi connectivity index (χ3v) is 1.89. The molecular formula is C11H14N2O4. The predicted molar refractivity (Wildman–Crippen MR) is 61.2 cm³/mol. The molecule has 0 bridgehead atoms. The van der Waals surface area contributed by atoms with Crippen LogP contribution >= 0.6 is 0 Å². The molecule has 0 aliphatic carbocycles. The van der Waals surface area contributed by atoms with Gasteiger partial charge in [0.15, 0.2) is 0 Å². The van der Waals surface area contributed by atoms with E-state index < -0.39 is 5.97 Å². The van der Waals surface area contributed by atoms with Crippen molar-refractivity contribution in [1.82, 2.24) is 0 Å². The van der Waals surface area contributed by atoms with Gasteiger partial charge in [-0.25, -0.2) is 10.7 Å². The molecule has 0 saturated carbocycles. The van der Waals surface area contributed by atoms with Crippen LogP contribution in [0.15, 0.2) is 24.3 Å². The highest BCUT2D eigenvalue weighted by Crippen LogP contribution is 2.10. The Labute approximate surface area is 98.7 Å². The van der Waals surface area contributed by atoms with Crippen LogP contribution in [0.25, 0.3) is 0 Å². The molecule has 0 aliphatic heterocycles. The summed E-state index contributed by atoms with van der Waals surface area (Å²) in [6.45, 7) is 1.84. The summed E-state index contributed by atoms with van der Waals surface area (Å²) in [7, 11) is 0. The van der Waals surface area contributed by atoms with E-state index in [1.807, 2.05) is 0 Å². The average Bonchev–Trinajstić information content (AvgIpc) is 2.30. The number of rotatable bonds is 5. The molecule has 6 heteroatoms. The van der Waals surface area contributed by atoms with Gasteiger partial charge in [-0.1, -0.05) is 0 Å². The van der Waals surface area contributed by atoms with E-state index in [1.54, 1.807) is 31.2 Å². The molecule has 0 heterocycles. The van der Waals surface area contributed by atoms with E-state index in [-0.39, 0.29) is 12.5 Å². The van der Waals surface area contributed by atoms with Crippen LogP contribution < -0.4 is 11.2 Å². The van der Waals surface area contributed by atoms with Crippen LogP contribution in [-0.4, -0.2) is 25.1 Å². The Morgan fingerprint density at radius 2 is 1.94 bits per heavy atom. The molecule has 0 saturated heterocycles. The van der Waals surface area contributed by atoms with Crippen molar-refractivity contribution < 1.29 is 19.2 Å². The van der Waals surface area contributed by atoms with Crippen LogP contribution in [0.1, 0.15) is 17.3 Å². The highest BCUT2D eigenvalue weighted by molar-refractivity contribution is 5.93. The molecule has 0 atom stereocenters. The zero-order valence-corrected chi connectivity index (χ0v) is 9.43. The fourth-order valence-corrected chi connectivity index (χ4v) is 1.18. The Hall–Kier alpha value is -1.92. The third-order valence-electron chi connectivity index (χ3n) is 1.89. The van der Waals surface area contributed by atoms with Gasteiger partial charge in [-0.3, -0.25) is 9.63 Å². The number of hydrogen-bond donors (Lipinski definition) is 2. The van der Waals surface area contributed by atoms with Crippen LogP contribution in [0, 0.1) is 0 Å². The maximum atomic E-state index is 11.3. The molecule has 3 N–H and O–H groups in total. The Balaban J connectivity index is 2.61. The minimum atomic E-state index is -0.393. The lowest BCUT2D eigenvalue weighted by Gasteiger charge is -2.05. The highest BCUT2D eigenvalue weighted by Gasteiger charge is 2.06. The Morgan fingerprint density at radius 1 is 1.29 bits per heavy atom. The van der Waals surface area contributed by atoms with Gasteiger partial charge in [0.1, 0.15) is 6.61 Å². The van der Waals surface area contributed by atoms with Crippen molar-refractivity contribution in [2.24, 2.45) is 5.90 Å². The molecule has 0 spiro atoms. The molecule has 1 amide bonds. The summed E-state index contributed by atoms with van der Waals surface area (Å²) in [6, 6.07) is 6.33. The van der Waals surface area contributed by atoms with Gasteiger partial charge in [0, 0.05) is 5.69 Å². The zero-order valence-electron chi connectivity index (χ0n) is 9.43. The molecule has 92 valence electrons. The second kappa shape index (κ2) is 6.62. The molecule has 1 aromatic rings. The lowest BCUT2D eigenvalue weighted by Crippen LogP contribution is -2.20. The summed E-state index contributed by atoms with van der Waals surface area (Å²) in [5, 5.41) is 2.54. The number of esters is 1. The second-order valence-corrected chi connectivity index (χ2v) is 3.16. The van der Waals surface area contributed by atoms with Gasteiger partial charge in [0.05, 0.1) is 12.2 Å². The lowest BCUT2D eigenvalue weighted by atomic mass is 10.2. The van der Waals surface area contributed by atoms with E-state index in [2.05, 4.69) is 10.2 Å². The van der Waals surface area contributed by atoms with E-state index in [1.165, 1.54) is 0 Å². The van der Waals surface area contributed by atoms with Crippen molar-refractivity contribution in [3.8, 4) is 0 Å². The number of benzene rings is 1. The first-order chi connectivity index (χ1) is 8.17. The standard InChI is InChI=1S/C11H14N2O4/c1-2-16-11(15)8-3-5-9(6-4-8)13-10(14)7-17-12/h3-6H,2,7,12H2,1H3,(H,13,14). The predicted octanol–water partition coefficient (Wildman–Crippen LogP) is 0.692. The van der Waals surface area contributed by atoms with Crippen molar-refractivity contribution in [3.63, 3.8) is 0 Å². The monoisotopic (exact) mass is 238 g/mol. The van der Waals surface area contributed by atoms with Crippen LogP contribution in [0.5, 0.6) is 0 Å². The van der Waals surface area contributed by atoms with Crippen molar-refractivity contribution in [3.05, 3.63) is 29.8 Å². The maximum Gasteiger partial charge on any atom is 0.338 e. The number of ether oxygens (including phenoxy) is 1. The molecule has 0 aromatic heterocycles. The third kappa shape index (κ3) is 4.21. The van der Waals surface area contributed by atoms with Gasteiger partial charge >= 0.3 is 5.97 Å². The topological polar surface area (TPSA) is 90.6 Å². The van der Waals surface area contributed by atoms with Crippen molar-refractivity contribution in [2.75, 3.05) is 18.5 Å². The molecule has 0 fully saturated rings. The van der Waals surface area contributed by atoms with E-state index in [9.17, 15) is 9.59 Å². The van der Waals surface area contributed by atoms with Crippen molar-refractivity contribution in [1.29, 1.82) is 0 Å². The molecular weight excluding hydrogens is 224 g/mol. The quantitative estimate of drug-likeness (QED) is 0.581. The summed E-state index contributed by atoms with van der Waals surface area (Å²) >= 11 is 0. The normalized spacial score (nSPS) is 9.76. The summed E-state index contributed by atoms with van der Waals surface area (Å²) in [5.41, 5.74) is 0.986. The second-order valence-electron chi connectivity index (χ2n) is 3.16. The van der Waals surface area contributed by atoms with Crippen LogP contribution in [0.3, 0.4) is 0 Å². The highest BCUT2D eigenvalue weighted by atomic mass is 16.6. The first kappa shape index (κ1) is 13.1. The number of nitrogens with two attached hydrogens (primary N) is 1. The number of nitrogens with one attached hydrogen (secondary N) is 1. The first-order valence-corrected chi connectivity index (χ1v) is 5.06. The maximum absolute atomic E-state index is 11.3. The molecule has 17 heavy (non-hydrogen) atoms. The Kier molecular flexibility index (Phi) is 5.12. The van der Waals surface area contributed by atoms with Gasteiger partial charge in [-0.05, 0) is 31.2 Å². The first-order valence-electron chi connectivity index (χ1n) is 5.06. The lowest BCUT2D eigenvalue weighted by molar-refractivity contribution is -0.120. The number of hydrogen-bond acceptors (Lipinski definition) is 5. The van der Waals surface area contributed by atoms with Gasteiger partial charge < -0.3 is 10.1 Å². The SMILES string of the molecule is CCOC(=O)c1ccc(NC(=O)CON)cc1. The van der Waals surface area contributed by atoms with Crippen molar-refractivity contribution in [2.45, 2.75) is 6.92 Å². The number of carbonyl (C=O) groups excluding carboxylic acids is 2. The average molecular weight is 238 g/mol. The number of carbonyl (C=O) groups is 2. The number of anilines is 1. The van der Waals surface area contributed by atoms with E-state index in [0.29, 0.717) is 17.9 Å². The Bertz CT molecular complexity index is 389. The van der Waals surface area contributed by atoms with Crippen LogP contribution in [0.2, 0.25) is 0 Å². The zero-order chi connectivity index (χ0) is 12.7. The molecule has 0 radical (unpaired) electrons. The van der Waals surface area contributed by atoms with Gasteiger partial charge in [0.25, 0.3) is 5.91 Å². The number of amides is 1. The van der Waals surface area contributed by atoms with Crippen LogP contribution in [0.4, 0.5) is 5.69 Å². The fraction of sp³-hybridized carbons (Fsp3) is 0.273. The van der Waals surface area contributed by atoms with Gasteiger partial charge in [-0.2, -0.15) is 0 Å². The van der Waals surface area contributed by atoms with E-state index in [4.69, 9.17) is 10.6 Å². The minimum Gasteiger partial charge on any atom is -0.462 e. The van der Waals surface area contributed by atoms with Crippen molar-refractivity contribution >= 4 is 17.6 Å². The molecule has 6 nitrogen and oxygen atoms in total. The smallest absolute Gasteiger partial charge is 0.338 e. The molecule has 1 rings (SSSR count). The van der Waals surface area contributed by atoms with Gasteiger partial charge in [-0.15, -0.1) is 0 Å². The molecule has 0 unspecified atom stereocenters. The van der Waals surface area contributed by atoms with E-state index in [0.717, 1.165) is 0 Å². The summed E-state index contributed by atoms with van der Waals surface area (Å²) in [6.07, 6.45) is 0. The fourth-order valence-electron chi connectivity index (χ4n) is 1.18. The summed E-state index contributed by atoms with van der Waals surface area (Å²) < 4.78 is 4.82. The Morgan fingerprint density at radius 3 is 2.47 bits per heavy atom. The minimum absolute atomic E-state index is 0.223. The largest absolute Gasteiger partial charge is 0.462 e. The van der Waals surface area contributed by atoms with E-state index >= 15 is 0 Å². The molecule has 1 aromatic carbocycles. The summed E-state index contributed by atoms with van der Waals surface area (Å²) in [5.74, 6) is 4.00. The van der Waals surface area contributed by atoms with Crippen LogP contribution in [-0.2, 0) is 14.4 Å².